The predicted molar refractivity (Wildman–Crippen MR) is 123 cm³/mol. The van der Waals surface area contributed by atoms with Crippen LogP contribution >= 0.6 is 11.3 Å². The number of anilines is 2. The summed E-state index contributed by atoms with van der Waals surface area (Å²) in [5, 5.41) is 13.0. The van der Waals surface area contributed by atoms with Gasteiger partial charge in [-0.25, -0.2) is 9.78 Å². The summed E-state index contributed by atoms with van der Waals surface area (Å²) < 4.78 is 5.20. The van der Waals surface area contributed by atoms with Gasteiger partial charge in [0.2, 0.25) is 5.91 Å². The number of non-ortho nitro benzene ring substituents is 1. The van der Waals surface area contributed by atoms with Crippen LogP contribution in [0.25, 0.3) is 6.08 Å². The van der Waals surface area contributed by atoms with E-state index in [1.165, 1.54) is 59.1 Å². The van der Waals surface area contributed by atoms with Crippen LogP contribution in [0.2, 0.25) is 0 Å². The first-order valence-electron chi connectivity index (χ1n) is 9.80. The van der Waals surface area contributed by atoms with Crippen LogP contribution in [0.3, 0.4) is 0 Å². The highest BCUT2D eigenvalue weighted by Gasteiger charge is 2.18. The van der Waals surface area contributed by atoms with Crippen LogP contribution in [-0.2, 0) is 27.4 Å². The average molecular weight is 452 g/mol. The lowest BCUT2D eigenvalue weighted by molar-refractivity contribution is -0.384. The molecule has 9 heteroatoms. The molecule has 0 saturated heterocycles. The lowest BCUT2D eigenvalue weighted by Crippen LogP contribution is -2.22. The normalized spacial score (nSPS) is 10.8. The van der Waals surface area contributed by atoms with Crippen molar-refractivity contribution < 1.29 is 19.2 Å². The van der Waals surface area contributed by atoms with E-state index in [0.29, 0.717) is 22.1 Å². The Morgan fingerprint density at radius 1 is 1.22 bits per heavy atom. The Kier molecular flexibility index (Phi) is 7.45. The zero-order valence-corrected chi connectivity index (χ0v) is 18.4. The van der Waals surface area contributed by atoms with E-state index in [9.17, 15) is 19.7 Å². The lowest BCUT2D eigenvalue weighted by Gasteiger charge is -2.18. The van der Waals surface area contributed by atoms with Crippen molar-refractivity contribution in [3.05, 3.63) is 86.9 Å². The third kappa shape index (κ3) is 5.86. The molecule has 0 N–H and O–H groups in total. The standard InChI is InChI=1S/C23H21N3O5S/c1-3-17-7-10-20(11-8-17)25(16(2)27)23-24-19(15-32-23)14-31-22(28)12-9-18-5-4-6-21(13-18)26(29)30/h4-13,15H,3,14H2,1-2H3. The quantitative estimate of drug-likeness (QED) is 0.205. The number of ether oxygens (including phenoxy) is 1. The van der Waals surface area contributed by atoms with E-state index in [1.54, 1.807) is 11.4 Å². The van der Waals surface area contributed by atoms with Crippen molar-refractivity contribution >= 4 is 45.8 Å². The van der Waals surface area contributed by atoms with Crippen LogP contribution in [0.4, 0.5) is 16.5 Å². The van der Waals surface area contributed by atoms with Gasteiger partial charge in [0.05, 0.1) is 16.3 Å². The summed E-state index contributed by atoms with van der Waals surface area (Å²) >= 11 is 1.28. The Balaban J connectivity index is 1.63. The van der Waals surface area contributed by atoms with Gasteiger partial charge in [-0.05, 0) is 35.8 Å². The summed E-state index contributed by atoms with van der Waals surface area (Å²) in [6.07, 6.45) is 3.55. The van der Waals surface area contributed by atoms with E-state index < -0.39 is 10.9 Å². The highest BCUT2D eigenvalue weighted by molar-refractivity contribution is 7.14. The molecule has 0 aliphatic carbocycles. The fraction of sp³-hybridized carbons (Fsp3) is 0.174. The van der Waals surface area contributed by atoms with Crippen LogP contribution < -0.4 is 4.90 Å². The van der Waals surface area contributed by atoms with Crippen molar-refractivity contribution in [2.75, 3.05) is 4.90 Å². The number of carbonyl (C=O) groups is 2. The fourth-order valence-corrected chi connectivity index (χ4v) is 3.74. The molecule has 0 aliphatic heterocycles. The van der Waals surface area contributed by atoms with Gasteiger partial charge in [-0.1, -0.05) is 31.2 Å². The number of nitro benzene ring substituents is 1. The maximum absolute atomic E-state index is 12.2. The molecule has 164 valence electrons. The summed E-state index contributed by atoms with van der Waals surface area (Å²) in [7, 11) is 0. The first-order valence-corrected chi connectivity index (χ1v) is 10.7. The number of hydrogen-bond acceptors (Lipinski definition) is 7. The number of thiazole rings is 1. The van der Waals surface area contributed by atoms with Gasteiger partial charge in [-0.15, -0.1) is 11.3 Å². The largest absolute Gasteiger partial charge is 0.456 e. The van der Waals surface area contributed by atoms with Crippen LogP contribution in [0.5, 0.6) is 0 Å². The van der Waals surface area contributed by atoms with Gasteiger partial charge < -0.3 is 4.74 Å². The lowest BCUT2D eigenvalue weighted by atomic mass is 10.1. The highest BCUT2D eigenvalue weighted by atomic mass is 32.1. The second-order valence-electron chi connectivity index (χ2n) is 6.79. The zero-order chi connectivity index (χ0) is 23.1. The molecule has 1 heterocycles. The fourth-order valence-electron chi connectivity index (χ4n) is 2.87. The molecule has 0 aliphatic rings. The second kappa shape index (κ2) is 10.5. The molecule has 0 atom stereocenters. The molecule has 3 aromatic rings. The first-order chi connectivity index (χ1) is 15.4. The maximum Gasteiger partial charge on any atom is 0.331 e. The third-order valence-corrected chi connectivity index (χ3v) is 5.38. The van der Waals surface area contributed by atoms with Crippen molar-refractivity contribution in [3.63, 3.8) is 0 Å². The van der Waals surface area contributed by atoms with E-state index in [1.807, 2.05) is 24.3 Å². The minimum Gasteiger partial charge on any atom is -0.456 e. The van der Waals surface area contributed by atoms with Crippen LogP contribution in [-0.4, -0.2) is 21.8 Å². The summed E-state index contributed by atoms with van der Waals surface area (Å²) in [5.41, 5.74) is 2.85. The van der Waals surface area contributed by atoms with E-state index in [4.69, 9.17) is 4.74 Å². The van der Waals surface area contributed by atoms with Crippen molar-refractivity contribution in [1.29, 1.82) is 0 Å². The molecular formula is C23H21N3O5S. The van der Waals surface area contributed by atoms with Gasteiger partial charge in [-0.3, -0.25) is 19.8 Å². The van der Waals surface area contributed by atoms with Crippen LogP contribution in [0.1, 0.15) is 30.7 Å². The molecule has 0 saturated carbocycles. The Morgan fingerprint density at radius 2 is 1.97 bits per heavy atom. The number of nitro groups is 1. The summed E-state index contributed by atoms with van der Waals surface area (Å²) in [6.45, 7) is 3.47. The molecule has 1 aromatic heterocycles. The maximum atomic E-state index is 12.2. The molecule has 8 nitrogen and oxygen atoms in total. The predicted octanol–water partition coefficient (Wildman–Crippen LogP) is 5.05. The van der Waals surface area contributed by atoms with Crippen molar-refractivity contribution in [2.45, 2.75) is 26.9 Å². The number of rotatable bonds is 8. The Labute approximate surface area is 188 Å². The number of hydrogen-bond donors (Lipinski definition) is 0. The molecule has 0 radical (unpaired) electrons. The topological polar surface area (TPSA) is 103 Å². The number of esters is 1. The van der Waals surface area contributed by atoms with Crippen molar-refractivity contribution in [1.82, 2.24) is 4.98 Å². The number of nitrogens with zero attached hydrogens (tertiary/aromatic N) is 3. The minimum atomic E-state index is -0.607. The number of aromatic nitrogens is 1. The molecule has 0 fully saturated rings. The SMILES string of the molecule is CCc1ccc(N(C(C)=O)c2nc(COC(=O)C=Cc3cccc([N+](=O)[O-])c3)cs2)cc1. The first kappa shape index (κ1) is 22.8. The van der Waals surface area contributed by atoms with E-state index >= 15 is 0 Å². The van der Waals surface area contributed by atoms with Gasteiger partial charge in [0.1, 0.15) is 6.61 Å². The van der Waals surface area contributed by atoms with Crippen LogP contribution in [0, 0.1) is 10.1 Å². The van der Waals surface area contributed by atoms with E-state index in [-0.39, 0.29) is 18.2 Å². The molecule has 0 bridgehead atoms. The number of carbonyl (C=O) groups excluding carboxylic acids is 2. The number of aryl methyl sites for hydroxylation is 1. The molecule has 0 spiro atoms. The average Bonchev–Trinajstić information content (AvgIpc) is 3.25. The number of benzene rings is 2. The third-order valence-electron chi connectivity index (χ3n) is 4.50. The molecule has 32 heavy (non-hydrogen) atoms. The van der Waals surface area contributed by atoms with Crippen molar-refractivity contribution in [2.24, 2.45) is 0 Å². The van der Waals surface area contributed by atoms with E-state index in [0.717, 1.165) is 6.42 Å². The van der Waals surface area contributed by atoms with Gasteiger partial charge in [-0.2, -0.15) is 0 Å². The summed E-state index contributed by atoms with van der Waals surface area (Å²) in [4.78, 5) is 40.5. The highest BCUT2D eigenvalue weighted by Crippen LogP contribution is 2.29. The summed E-state index contributed by atoms with van der Waals surface area (Å²) in [5.74, 6) is -0.781. The molecule has 1 amide bonds. The van der Waals surface area contributed by atoms with Gasteiger partial charge in [0, 0.05) is 30.5 Å². The second-order valence-corrected chi connectivity index (χ2v) is 7.63. The minimum absolute atomic E-state index is 0.0603. The Bertz CT molecular complexity index is 1150. The number of amides is 1. The van der Waals surface area contributed by atoms with Gasteiger partial charge in [0.25, 0.3) is 5.69 Å². The van der Waals surface area contributed by atoms with Gasteiger partial charge >= 0.3 is 5.97 Å². The van der Waals surface area contributed by atoms with Crippen LogP contribution in [0.15, 0.2) is 60.0 Å². The Morgan fingerprint density at radius 3 is 2.62 bits per heavy atom. The zero-order valence-electron chi connectivity index (χ0n) is 17.6. The molecule has 3 rings (SSSR count). The Hall–Kier alpha value is -3.85. The monoisotopic (exact) mass is 451 g/mol. The van der Waals surface area contributed by atoms with Crippen molar-refractivity contribution in [3.8, 4) is 0 Å². The molecule has 0 unspecified atom stereocenters. The molecular weight excluding hydrogens is 430 g/mol. The smallest absolute Gasteiger partial charge is 0.331 e. The van der Waals surface area contributed by atoms with E-state index in [2.05, 4.69) is 11.9 Å². The van der Waals surface area contributed by atoms with Gasteiger partial charge in [0.15, 0.2) is 5.13 Å². The summed E-state index contributed by atoms with van der Waals surface area (Å²) in [6, 6.07) is 13.6. The molecule has 2 aromatic carbocycles.